The van der Waals surface area contributed by atoms with E-state index in [1.807, 2.05) is 24.3 Å². The van der Waals surface area contributed by atoms with Gasteiger partial charge in [0.25, 0.3) is 5.91 Å². The van der Waals surface area contributed by atoms with Crippen LogP contribution in [-0.2, 0) is 32.1 Å². The van der Waals surface area contributed by atoms with E-state index < -0.39 is 5.97 Å². The first-order valence-corrected chi connectivity index (χ1v) is 12.7. The number of para-hydroxylation sites is 1. The summed E-state index contributed by atoms with van der Waals surface area (Å²) >= 11 is 8.59. The molecule has 2 heterocycles. The van der Waals surface area contributed by atoms with Gasteiger partial charge < -0.3 is 14.2 Å². The number of methoxy groups -OCH3 is 1. The van der Waals surface area contributed by atoms with Gasteiger partial charge in [-0.2, -0.15) is 4.99 Å². The minimum Gasteiger partial charge on any atom is -0.468 e. The molecule has 0 N–H and O–H groups in total. The summed E-state index contributed by atoms with van der Waals surface area (Å²) in [5, 5.41) is 0.556. The fourth-order valence-corrected chi connectivity index (χ4v) is 5.71. The van der Waals surface area contributed by atoms with Crippen LogP contribution in [0.25, 0.3) is 10.2 Å². The molecule has 1 aliphatic rings. The van der Waals surface area contributed by atoms with E-state index in [0.29, 0.717) is 16.4 Å². The first-order valence-electron chi connectivity index (χ1n) is 10.4. The van der Waals surface area contributed by atoms with Crippen molar-refractivity contribution in [3.63, 3.8) is 0 Å². The quantitative estimate of drug-likeness (QED) is 0.479. The molecule has 0 radical (unpaired) electrons. The van der Waals surface area contributed by atoms with Crippen LogP contribution in [0.15, 0.2) is 47.5 Å². The van der Waals surface area contributed by atoms with Crippen LogP contribution in [0.3, 0.4) is 0 Å². The number of hydrogen-bond donors (Lipinski definition) is 0. The number of rotatable bonds is 6. The Hall–Kier alpha value is -2.62. The Labute approximate surface area is 204 Å². The molecule has 0 aliphatic carbocycles. The van der Waals surface area contributed by atoms with Crippen LogP contribution in [0, 0.1) is 0 Å². The predicted molar refractivity (Wildman–Crippen MR) is 132 cm³/mol. The summed E-state index contributed by atoms with van der Waals surface area (Å²) in [6, 6.07) is 13.2. The summed E-state index contributed by atoms with van der Waals surface area (Å²) in [6.07, 6.45) is 1.90. The number of anilines is 1. The van der Waals surface area contributed by atoms with Gasteiger partial charge in [0.1, 0.15) is 6.54 Å². The number of carbonyl (C=O) groups is 3. The van der Waals surface area contributed by atoms with Crippen LogP contribution < -0.4 is 9.70 Å². The first-order chi connectivity index (χ1) is 16.0. The molecule has 172 valence electrons. The van der Waals surface area contributed by atoms with Crippen LogP contribution >= 0.6 is 34.7 Å². The van der Waals surface area contributed by atoms with Gasteiger partial charge in [-0.3, -0.25) is 14.4 Å². The molecular formula is C23H22ClN3O4S2. The maximum atomic E-state index is 12.8. The van der Waals surface area contributed by atoms with E-state index in [2.05, 4.69) is 4.99 Å². The van der Waals surface area contributed by atoms with Gasteiger partial charge in [0.05, 0.1) is 28.8 Å². The third kappa shape index (κ3) is 5.48. The second-order valence-electron chi connectivity index (χ2n) is 7.43. The molecule has 3 aromatic rings. The van der Waals surface area contributed by atoms with Gasteiger partial charge in [-0.05, 0) is 42.7 Å². The van der Waals surface area contributed by atoms with E-state index in [4.69, 9.17) is 16.3 Å². The molecule has 0 bridgehead atoms. The number of thiazole rings is 1. The standard InChI is InChI=1S/C23H22ClN3O4S2/c1-31-22(30)12-27-18-9-8-16(24)11-19(18)33-23(27)25-20(28)13-32-14-21(29)26-10-4-6-15-5-2-3-7-17(15)26/h2-3,5,7-9,11H,4,6,10,12-14H2,1H3. The highest BCUT2D eigenvalue weighted by Crippen LogP contribution is 2.27. The fraction of sp³-hybridized carbons (Fsp3) is 0.304. The molecule has 0 saturated carbocycles. The van der Waals surface area contributed by atoms with Crippen LogP contribution in [0.1, 0.15) is 12.0 Å². The van der Waals surface area contributed by atoms with Crippen molar-refractivity contribution in [2.24, 2.45) is 4.99 Å². The second kappa shape index (κ2) is 10.5. The summed E-state index contributed by atoms with van der Waals surface area (Å²) < 4.78 is 7.23. The van der Waals surface area contributed by atoms with Gasteiger partial charge in [-0.1, -0.05) is 41.1 Å². The van der Waals surface area contributed by atoms with Crippen molar-refractivity contribution in [1.82, 2.24) is 4.57 Å². The van der Waals surface area contributed by atoms with Crippen molar-refractivity contribution in [3.8, 4) is 0 Å². The molecule has 4 rings (SSSR count). The summed E-state index contributed by atoms with van der Waals surface area (Å²) in [5.41, 5.74) is 2.87. The zero-order valence-corrected chi connectivity index (χ0v) is 20.3. The highest BCUT2D eigenvalue weighted by atomic mass is 35.5. The van der Waals surface area contributed by atoms with Crippen molar-refractivity contribution in [2.45, 2.75) is 19.4 Å². The molecule has 33 heavy (non-hydrogen) atoms. The lowest BCUT2D eigenvalue weighted by atomic mass is 10.0. The summed E-state index contributed by atoms with van der Waals surface area (Å²) in [5.74, 6) is -0.575. The Balaban J connectivity index is 1.45. The first kappa shape index (κ1) is 23.5. The van der Waals surface area contributed by atoms with E-state index >= 15 is 0 Å². The molecule has 7 nitrogen and oxygen atoms in total. The van der Waals surface area contributed by atoms with Gasteiger partial charge in [0.2, 0.25) is 5.91 Å². The molecule has 2 aromatic carbocycles. The zero-order chi connectivity index (χ0) is 23.4. The number of fused-ring (bicyclic) bond motifs is 2. The lowest BCUT2D eigenvalue weighted by Crippen LogP contribution is -2.36. The summed E-state index contributed by atoms with van der Waals surface area (Å²) in [4.78, 5) is 43.6. The third-order valence-corrected chi connectivity index (χ3v) is 7.42. The topological polar surface area (TPSA) is 81.0 Å². The molecule has 0 atom stereocenters. The van der Waals surface area contributed by atoms with Crippen LogP contribution in [0.5, 0.6) is 0 Å². The SMILES string of the molecule is COC(=O)Cn1c(=NC(=O)CSCC(=O)N2CCCc3ccccc32)sc2cc(Cl)ccc21. The zero-order valence-electron chi connectivity index (χ0n) is 18.0. The molecule has 0 unspecified atom stereocenters. The van der Waals surface area contributed by atoms with Crippen molar-refractivity contribution in [1.29, 1.82) is 0 Å². The third-order valence-electron chi connectivity index (χ3n) is 5.24. The molecular weight excluding hydrogens is 482 g/mol. The van der Waals surface area contributed by atoms with E-state index in [1.165, 1.54) is 35.8 Å². The molecule has 1 aliphatic heterocycles. The van der Waals surface area contributed by atoms with Crippen LogP contribution in [-0.4, -0.2) is 47.5 Å². The highest BCUT2D eigenvalue weighted by molar-refractivity contribution is 8.00. The Kier molecular flexibility index (Phi) is 7.52. The molecule has 0 spiro atoms. The van der Waals surface area contributed by atoms with Crippen LogP contribution in [0.2, 0.25) is 5.02 Å². The van der Waals surface area contributed by atoms with Gasteiger partial charge >= 0.3 is 5.97 Å². The van der Waals surface area contributed by atoms with Gasteiger partial charge in [0.15, 0.2) is 4.80 Å². The van der Waals surface area contributed by atoms with E-state index in [1.54, 1.807) is 27.7 Å². The molecule has 0 fully saturated rings. The number of aromatic nitrogens is 1. The number of esters is 1. The van der Waals surface area contributed by atoms with E-state index in [0.717, 1.165) is 28.7 Å². The maximum Gasteiger partial charge on any atom is 0.325 e. The molecule has 2 amide bonds. The molecule has 0 saturated heterocycles. The number of amides is 2. The maximum absolute atomic E-state index is 12.8. The fourth-order valence-electron chi connectivity index (χ4n) is 3.71. The average molecular weight is 504 g/mol. The predicted octanol–water partition coefficient (Wildman–Crippen LogP) is 3.67. The Morgan fingerprint density at radius 1 is 1.18 bits per heavy atom. The number of hydrogen-bond acceptors (Lipinski definition) is 6. The monoisotopic (exact) mass is 503 g/mol. The minimum absolute atomic E-state index is 0.0165. The minimum atomic E-state index is -0.444. The molecule has 1 aromatic heterocycles. The number of benzene rings is 2. The van der Waals surface area contributed by atoms with E-state index in [9.17, 15) is 14.4 Å². The summed E-state index contributed by atoms with van der Waals surface area (Å²) in [6.45, 7) is 0.622. The number of thioether (sulfide) groups is 1. The Bertz CT molecular complexity index is 1280. The Morgan fingerprint density at radius 2 is 2.00 bits per heavy atom. The van der Waals surface area contributed by atoms with Crippen molar-refractivity contribution < 1.29 is 19.1 Å². The summed E-state index contributed by atoms with van der Waals surface area (Å²) in [7, 11) is 1.31. The van der Waals surface area contributed by atoms with Crippen molar-refractivity contribution in [3.05, 3.63) is 57.9 Å². The van der Waals surface area contributed by atoms with Crippen molar-refractivity contribution in [2.75, 3.05) is 30.1 Å². The number of nitrogens with zero attached hydrogens (tertiary/aromatic N) is 3. The Morgan fingerprint density at radius 3 is 2.82 bits per heavy atom. The number of halogens is 1. The normalized spacial score (nSPS) is 13.8. The van der Waals surface area contributed by atoms with Crippen molar-refractivity contribution >= 4 is 68.4 Å². The van der Waals surface area contributed by atoms with Gasteiger partial charge in [0, 0.05) is 17.3 Å². The average Bonchev–Trinajstić information content (AvgIpc) is 3.13. The number of ether oxygens (including phenoxy) is 1. The van der Waals surface area contributed by atoms with E-state index in [-0.39, 0.29) is 29.9 Å². The number of carbonyl (C=O) groups excluding carboxylic acids is 3. The number of aryl methyl sites for hydroxylation is 1. The van der Waals surface area contributed by atoms with Crippen LogP contribution in [0.4, 0.5) is 5.69 Å². The second-order valence-corrected chi connectivity index (χ2v) is 9.87. The highest BCUT2D eigenvalue weighted by Gasteiger charge is 2.22. The van der Waals surface area contributed by atoms with Gasteiger partial charge in [-0.25, -0.2) is 0 Å². The largest absolute Gasteiger partial charge is 0.468 e. The van der Waals surface area contributed by atoms with Gasteiger partial charge in [-0.15, -0.1) is 11.8 Å². The smallest absolute Gasteiger partial charge is 0.325 e. The lowest BCUT2D eigenvalue weighted by Gasteiger charge is -2.29. The lowest BCUT2D eigenvalue weighted by molar-refractivity contribution is -0.141. The molecule has 10 heteroatoms.